The molecule has 2 aromatic rings. The van der Waals surface area contributed by atoms with Crippen LogP contribution in [0.1, 0.15) is 24.5 Å². The molecule has 28 heavy (non-hydrogen) atoms. The first kappa shape index (κ1) is 19.9. The number of hydrogen-bond donors (Lipinski definition) is 2. The van der Waals surface area contributed by atoms with Gasteiger partial charge in [-0.25, -0.2) is 8.78 Å². The van der Waals surface area contributed by atoms with E-state index in [1.54, 1.807) is 26.1 Å². The lowest BCUT2D eigenvalue weighted by Gasteiger charge is -2.27. The highest BCUT2D eigenvalue weighted by Crippen LogP contribution is 2.29. The van der Waals surface area contributed by atoms with Gasteiger partial charge in [-0.2, -0.15) is 0 Å². The number of nitrogens with one attached hydrogen (secondary N) is 2. The van der Waals surface area contributed by atoms with Crippen molar-refractivity contribution in [2.75, 3.05) is 11.9 Å². The van der Waals surface area contributed by atoms with E-state index in [-0.39, 0.29) is 23.9 Å². The zero-order chi connectivity index (χ0) is 20.3. The molecule has 0 aliphatic carbocycles. The molecule has 5 nitrogen and oxygen atoms in total. The van der Waals surface area contributed by atoms with E-state index in [0.29, 0.717) is 18.5 Å². The van der Waals surface area contributed by atoms with Crippen molar-refractivity contribution in [2.24, 2.45) is 0 Å². The maximum absolute atomic E-state index is 14.2. The molecule has 1 aliphatic rings. The fourth-order valence-corrected chi connectivity index (χ4v) is 3.28. The second kappa shape index (κ2) is 8.48. The quantitative estimate of drug-likeness (QED) is 0.829. The molecule has 2 amide bonds. The highest BCUT2D eigenvalue weighted by molar-refractivity contribution is 6.00. The van der Waals surface area contributed by atoms with Crippen LogP contribution in [0.15, 0.2) is 42.5 Å². The third-order valence-electron chi connectivity index (χ3n) is 5.03. The number of anilines is 1. The Balaban J connectivity index is 1.94. The first-order valence-electron chi connectivity index (χ1n) is 9.21. The minimum absolute atomic E-state index is 0.0822. The first-order valence-corrected chi connectivity index (χ1v) is 9.21. The van der Waals surface area contributed by atoms with Crippen LogP contribution < -0.4 is 15.5 Å². The van der Waals surface area contributed by atoms with Crippen LogP contribution in [-0.2, 0) is 22.6 Å². The Morgan fingerprint density at radius 2 is 2.00 bits per heavy atom. The van der Waals surface area contributed by atoms with Gasteiger partial charge in [0.1, 0.15) is 17.7 Å². The summed E-state index contributed by atoms with van der Waals surface area (Å²) in [6.45, 7) is 1.58. The van der Waals surface area contributed by atoms with Crippen molar-refractivity contribution in [3.63, 3.8) is 0 Å². The van der Waals surface area contributed by atoms with Gasteiger partial charge in [-0.1, -0.05) is 18.2 Å². The maximum atomic E-state index is 14.2. The van der Waals surface area contributed by atoms with E-state index < -0.39 is 23.7 Å². The summed E-state index contributed by atoms with van der Waals surface area (Å²) >= 11 is 0. The zero-order valence-corrected chi connectivity index (χ0v) is 15.8. The fourth-order valence-electron chi connectivity index (χ4n) is 3.28. The molecule has 0 spiro atoms. The van der Waals surface area contributed by atoms with E-state index in [4.69, 9.17) is 0 Å². The maximum Gasteiger partial charge on any atom is 0.249 e. The monoisotopic (exact) mass is 387 g/mol. The molecule has 0 saturated heterocycles. The SMILES string of the molecule is CNC(C)C(=O)N[C@H]1CCc2ccccc2N(Cc2cc(F)ccc2F)C1=O. The van der Waals surface area contributed by atoms with Gasteiger partial charge < -0.3 is 15.5 Å². The smallest absolute Gasteiger partial charge is 0.249 e. The summed E-state index contributed by atoms with van der Waals surface area (Å²) in [4.78, 5) is 26.9. The predicted molar refractivity (Wildman–Crippen MR) is 103 cm³/mol. The molecule has 0 bridgehead atoms. The molecule has 1 heterocycles. The summed E-state index contributed by atoms with van der Waals surface area (Å²) in [7, 11) is 1.66. The summed E-state index contributed by atoms with van der Waals surface area (Å²) in [5, 5.41) is 5.61. The van der Waals surface area contributed by atoms with Gasteiger partial charge in [0.25, 0.3) is 0 Å². The molecule has 1 unspecified atom stereocenters. The van der Waals surface area contributed by atoms with E-state index in [9.17, 15) is 18.4 Å². The van der Waals surface area contributed by atoms with E-state index in [1.165, 1.54) is 4.90 Å². The number of carbonyl (C=O) groups is 2. The Hall–Kier alpha value is -2.80. The number of para-hydroxylation sites is 1. The third-order valence-corrected chi connectivity index (χ3v) is 5.03. The van der Waals surface area contributed by atoms with Gasteiger partial charge in [0, 0.05) is 11.3 Å². The number of aryl methyl sites for hydroxylation is 1. The van der Waals surface area contributed by atoms with Crippen molar-refractivity contribution in [1.82, 2.24) is 10.6 Å². The van der Waals surface area contributed by atoms with Gasteiger partial charge in [-0.05, 0) is 56.6 Å². The number of amides is 2. The van der Waals surface area contributed by atoms with Crippen LogP contribution in [0, 0.1) is 11.6 Å². The van der Waals surface area contributed by atoms with E-state index in [0.717, 1.165) is 23.8 Å². The Kier molecular flexibility index (Phi) is 6.04. The molecule has 7 heteroatoms. The van der Waals surface area contributed by atoms with Crippen LogP contribution in [0.25, 0.3) is 0 Å². The van der Waals surface area contributed by atoms with Crippen LogP contribution >= 0.6 is 0 Å². The van der Waals surface area contributed by atoms with Gasteiger partial charge in [0.2, 0.25) is 11.8 Å². The fraction of sp³-hybridized carbons (Fsp3) is 0.333. The van der Waals surface area contributed by atoms with E-state index >= 15 is 0 Å². The molecule has 3 rings (SSSR count). The lowest BCUT2D eigenvalue weighted by atomic mass is 10.1. The van der Waals surface area contributed by atoms with E-state index in [2.05, 4.69) is 10.6 Å². The molecule has 0 saturated carbocycles. The molecular weight excluding hydrogens is 364 g/mol. The summed E-state index contributed by atoms with van der Waals surface area (Å²) < 4.78 is 27.8. The van der Waals surface area contributed by atoms with Gasteiger partial charge in [0.05, 0.1) is 12.6 Å². The second-order valence-electron chi connectivity index (χ2n) is 6.90. The van der Waals surface area contributed by atoms with Crippen molar-refractivity contribution in [1.29, 1.82) is 0 Å². The zero-order valence-electron chi connectivity index (χ0n) is 15.8. The number of nitrogens with zero attached hydrogens (tertiary/aromatic N) is 1. The lowest BCUT2D eigenvalue weighted by Crippen LogP contribution is -2.52. The van der Waals surface area contributed by atoms with Crippen molar-refractivity contribution in [2.45, 2.75) is 38.4 Å². The molecule has 2 N–H and O–H groups in total. The van der Waals surface area contributed by atoms with Crippen LogP contribution in [-0.4, -0.2) is 30.9 Å². The van der Waals surface area contributed by atoms with Gasteiger partial charge in [0.15, 0.2) is 0 Å². The average molecular weight is 387 g/mol. The van der Waals surface area contributed by atoms with Crippen molar-refractivity contribution >= 4 is 17.5 Å². The number of fused-ring (bicyclic) bond motifs is 1. The molecule has 0 fully saturated rings. The van der Waals surface area contributed by atoms with Crippen LogP contribution in [0.4, 0.5) is 14.5 Å². The average Bonchev–Trinajstić information content (AvgIpc) is 2.82. The van der Waals surface area contributed by atoms with Crippen molar-refractivity contribution < 1.29 is 18.4 Å². The first-order chi connectivity index (χ1) is 13.4. The number of likely N-dealkylation sites (N-methyl/N-ethyl adjacent to an activating group) is 1. The summed E-state index contributed by atoms with van der Waals surface area (Å²) in [6.07, 6.45) is 1.02. The topological polar surface area (TPSA) is 61.4 Å². The minimum Gasteiger partial charge on any atom is -0.343 e. The Bertz CT molecular complexity index is 888. The largest absolute Gasteiger partial charge is 0.343 e. The number of halogens is 2. The lowest BCUT2D eigenvalue weighted by molar-refractivity contribution is -0.128. The van der Waals surface area contributed by atoms with E-state index in [1.807, 2.05) is 12.1 Å². The van der Waals surface area contributed by atoms with Crippen LogP contribution in [0.3, 0.4) is 0 Å². The molecular formula is C21H23F2N3O2. The summed E-state index contributed by atoms with van der Waals surface area (Å²) in [6, 6.07) is 9.33. The van der Waals surface area contributed by atoms with Crippen LogP contribution in [0.2, 0.25) is 0 Å². The standard InChI is InChI=1S/C21H23F2N3O2/c1-13(24-2)20(27)25-18-10-7-14-5-3-4-6-19(14)26(21(18)28)12-15-11-16(22)8-9-17(15)23/h3-6,8-9,11,13,18,24H,7,10,12H2,1-2H3,(H,25,27)/t13?,18-/m0/s1. The highest BCUT2D eigenvalue weighted by atomic mass is 19.1. The molecule has 2 atom stereocenters. The van der Waals surface area contributed by atoms with Crippen LogP contribution in [0.5, 0.6) is 0 Å². The summed E-state index contributed by atoms with van der Waals surface area (Å²) in [5.41, 5.74) is 1.65. The molecule has 0 aromatic heterocycles. The Labute approximate surface area is 162 Å². The Morgan fingerprint density at radius 1 is 1.25 bits per heavy atom. The van der Waals surface area contributed by atoms with Gasteiger partial charge >= 0.3 is 0 Å². The van der Waals surface area contributed by atoms with Crippen molar-refractivity contribution in [3.05, 3.63) is 65.2 Å². The summed E-state index contributed by atoms with van der Waals surface area (Å²) in [5.74, 6) is -1.78. The second-order valence-corrected chi connectivity index (χ2v) is 6.90. The predicted octanol–water partition coefficient (Wildman–Crippen LogP) is 2.54. The molecule has 0 radical (unpaired) electrons. The molecule has 1 aliphatic heterocycles. The normalized spacial score (nSPS) is 17.6. The van der Waals surface area contributed by atoms with Crippen molar-refractivity contribution in [3.8, 4) is 0 Å². The Morgan fingerprint density at radius 3 is 2.75 bits per heavy atom. The highest BCUT2D eigenvalue weighted by Gasteiger charge is 2.32. The van der Waals surface area contributed by atoms with Gasteiger partial charge in [-0.15, -0.1) is 0 Å². The third kappa shape index (κ3) is 4.20. The van der Waals surface area contributed by atoms with Gasteiger partial charge in [-0.3, -0.25) is 9.59 Å². The number of hydrogen-bond acceptors (Lipinski definition) is 3. The number of rotatable bonds is 5. The molecule has 2 aromatic carbocycles. The number of carbonyl (C=O) groups excluding carboxylic acids is 2. The number of benzene rings is 2. The minimum atomic E-state index is -0.743. The molecule has 148 valence electrons.